The summed E-state index contributed by atoms with van der Waals surface area (Å²) < 4.78 is 119. The molecular formula is C23H19F9N2O2. The van der Waals surface area contributed by atoms with Crippen LogP contribution in [0.15, 0.2) is 36.4 Å². The van der Waals surface area contributed by atoms with Crippen LogP contribution in [0.5, 0.6) is 0 Å². The normalized spacial score (nSPS) is 20.9. The third-order valence-corrected chi connectivity index (χ3v) is 6.37. The van der Waals surface area contributed by atoms with Crippen molar-refractivity contribution in [3.05, 3.63) is 64.2 Å². The second-order valence-electron chi connectivity index (χ2n) is 8.91. The fraction of sp³-hybridized carbons (Fsp3) is 0.435. The van der Waals surface area contributed by atoms with E-state index in [-0.39, 0.29) is 35.2 Å². The lowest BCUT2D eigenvalue weighted by Gasteiger charge is -2.40. The zero-order chi connectivity index (χ0) is 26.6. The third-order valence-electron chi connectivity index (χ3n) is 6.37. The molecule has 1 heterocycles. The van der Waals surface area contributed by atoms with Crippen molar-refractivity contribution in [1.29, 1.82) is 0 Å². The molecule has 1 saturated carbocycles. The molecule has 0 spiro atoms. The number of nitrogens with one attached hydrogen (secondary N) is 1. The third kappa shape index (κ3) is 5.40. The number of amides is 1. The summed E-state index contributed by atoms with van der Waals surface area (Å²) in [5, 5.41) is 12.5. The molecule has 1 aliphatic carbocycles. The van der Waals surface area contributed by atoms with Gasteiger partial charge in [0.2, 0.25) is 0 Å². The lowest BCUT2D eigenvalue weighted by molar-refractivity contribution is -0.143. The quantitative estimate of drug-likeness (QED) is 0.413. The van der Waals surface area contributed by atoms with Gasteiger partial charge in [-0.15, -0.1) is 0 Å². The Kier molecular flexibility index (Phi) is 6.42. The zero-order valence-corrected chi connectivity index (χ0v) is 18.2. The second-order valence-corrected chi connectivity index (χ2v) is 8.91. The van der Waals surface area contributed by atoms with Crippen LogP contribution in [0.3, 0.4) is 0 Å². The Labute approximate surface area is 198 Å². The van der Waals surface area contributed by atoms with Crippen LogP contribution in [-0.2, 0) is 25.1 Å². The maximum atomic E-state index is 13.4. The molecule has 0 bridgehead atoms. The fourth-order valence-corrected chi connectivity index (χ4v) is 4.57. The summed E-state index contributed by atoms with van der Waals surface area (Å²) in [4.78, 5) is 13.0. The molecule has 4 rings (SSSR count). The van der Waals surface area contributed by atoms with Crippen molar-refractivity contribution in [2.75, 3.05) is 4.90 Å². The highest BCUT2D eigenvalue weighted by Crippen LogP contribution is 2.47. The van der Waals surface area contributed by atoms with Gasteiger partial charge in [0, 0.05) is 18.6 Å². The van der Waals surface area contributed by atoms with E-state index in [0.717, 1.165) is 23.1 Å². The molecule has 2 N–H and O–H groups in total. The molecule has 13 heteroatoms. The van der Waals surface area contributed by atoms with E-state index in [4.69, 9.17) is 0 Å². The number of carboxylic acid groups (broad SMARTS) is 1. The van der Waals surface area contributed by atoms with Crippen LogP contribution in [0.1, 0.15) is 53.1 Å². The highest BCUT2D eigenvalue weighted by Gasteiger charge is 2.45. The number of nitrogens with zero attached hydrogens (tertiary/aromatic N) is 1. The van der Waals surface area contributed by atoms with Gasteiger partial charge in [0.05, 0.1) is 22.4 Å². The Morgan fingerprint density at radius 1 is 0.861 bits per heavy atom. The summed E-state index contributed by atoms with van der Waals surface area (Å²) in [5.41, 5.74) is -4.49. The molecule has 196 valence electrons. The number of benzene rings is 2. The molecule has 0 unspecified atom stereocenters. The van der Waals surface area contributed by atoms with Crippen LogP contribution < -0.4 is 10.2 Å². The second kappa shape index (κ2) is 8.86. The van der Waals surface area contributed by atoms with E-state index < -0.39 is 59.9 Å². The Balaban J connectivity index is 1.71. The lowest BCUT2D eigenvalue weighted by atomic mass is 9.87. The molecule has 1 amide bonds. The molecule has 2 aromatic carbocycles. The average Bonchev–Trinajstić information content (AvgIpc) is 3.59. The van der Waals surface area contributed by atoms with E-state index in [9.17, 15) is 49.4 Å². The van der Waals surface area contributed by atoms with E-state index in [1.807, 2.05) is 0 Å². The first-order valence-corrected chi connectivity index (χ1v) is 10.8. The molecule has 36 heavy (non-hydrogen) atoms. The maximum absolute atomic E-state index is 13.4. The van der Waals surface area contributed by atoms with Gasteiger partial charge in [0.1, 0.15) is 0 Å². The van der Waals surface area contributed by atoms with Gasteiger partial charge in [0.25, 0.3) is 0 Å². The van der Waals surface area contributed by atoms with Crippen molar-refractivity contribution >= 4 is 11.8 Å². The topological polar surface area (TPSA) is 52.6 Å². The van der Waals surface area contributed by atoms with Gasteiger partial charge < -0.3 is 10.4 Å². The van der Waals surface area contributed by atoms with E-state index in [2.05, 4.69) is 5.32 Å². The van der Waals surface area contributed by atoms with Crippen molar-refractivity contribution in [1.82, 2.24) is 5.32 Å². The Morgan fingerprint density at radius 3 is 1.89 bits per heavy atom. The fourth-order valence-electron chi connectivity index (χ4n) is 4.57. The first-order chi connectivity index (χ1) is 16.6. The molecule has 2 atom stereocenters. The van der Waals surface area contributed by atoms with Gasteiger partial charge >= 0.3 is 24.6 Å². The number of fused-ring (bicyclic) bond motifs is 1. The summed E-state index contributed by atoms with van der Waals surface area (Å²) >= 11 is 0. The van der Waals surface area contributed by atoms with Crippen molar-refractivity contribution in [2.45, 2.75) is 56.4 Å². The number of carbonyl (C=O) groups is 1. The van der Waals surface area contributed by atoms with Crippen LogP contribution >= 0.6 is 0 Å². The lowest BCUT2D eigenvalue weighted by Crippen LogP contribution is -2.47. The molecule has 4 nitrogen and oxygen atoms in total. The molecule has 0 saturated heterocycles. The minimum absolute atomic E-state index is 0.00354. The van der Waals surface area contributed by atoms with Crippen LogP contribution in [0, 0.1) is 5.92 Å². The van der Waals surface area contributed by atoms with Crippen LogP contribution in [0.25, 0.3) is 0 Å². The summed E-state index contributed by atoms with van der Waals surface area (Å²) in [6.45, 7) is -0.516. The SMILES string of the molecule is O=C(O)N1c2ccc(C(F)(F)F)cc2[C@@H](NCc2cc(C(F)(F)F)cc(C(F)(F)F)c2)C[C@H]1C1CC1. The molecule has 1 aliphatic heterocycles. The van der Waals surface area contributed by atoms with E-state index in [1.54, 1.807) is 0 Å². The van der Waals surface area contributed by atoms with Gasteiger partial charge in [-0.2, -0.15) is 39.5 Å². The first kappa shape index (κ1) is 26.1. The predicted octanol–water partition coefficient (Wildman–Crippen LogP) is 7.24. The van der Waals surface area contributed by atoms with Gasteiger partial charge in [0.15, 0.2) is 0 Å². The summed E-state index contributed by atoms with van der Waals surface area (Å²) in [6.07, 6.45) is -14.8. The highest BCUT2D eigenvalue weighted by atomic mass is 19.4. The van der Waals surface area contributed by atoms with Crippen molar-refractivity contribution in [3.8, 4) is 0 Å². The van der Waals surface area contributed by atoms with Gasteiger partial charge in [-0.1, -0.05) is 0 Å². The molecular weight excluding hydrogens is 507 g/mol. The number of rotatable bonds is 4. The van der Waals surface area contributed by atoms with Crippen molar-refractivity contribution in [3.63, 3.8) is 0 Å². The minimum atomic E-state index is -5.05. The molecule has 0 radical (unpaired) electrons. The van der Waals surface area contributed by atoms with Crippen molar-refractivity contribution < 1.29 is 49.4 Å². The van der Waals surface area contributed by atoms with Gasteiger partial charge in [-0.3, -0.25) is 4.90 Å². The largest absolute Gasteiger partial charge is 0.465 e. The van der Waals surface area contributed by atoms with Gasteiger partial charge in [-0.25, -0.2) is 4.79 Å². The Bertz CT molecular complexity index is 1120. The first-order valence-electron chi connectivity index (χ1n) is 10.8. The molecule has 2 aromatic rings. The summed E-state index contributed by atoms with van der Waals surface area (Å²) in [5.74, 6) is -0.0498. The number of halogens is 9. The van der Waals surface area contributed by atoms with E-state index >= 15 is 0 Å². The molecule has 2 aliphatic rings. The summed E-state index contributed by atoms with van der Waals surface area (Å²) in [7, 11) is 0. The average molecular weight is 526 g/mol. The predicted molar refractivity (Wildman–Crippen MR) is 109 cm³/mol. The van der Waals surface area contributed by atoms with Crippen LogP contribution in [-0.4, -0.2) is 17.2 Å². The number of anilines is 1. The summed E-state index contributed by atoms with van der Waals surface area (Å²) in [6, 6.07) is 2.07. The monoisotopic (exact) mass is 526 g/mol. The van der Waals surface area contributed by atoms with Gasteiger partial charge in [-0.05, 0) is 72.7 Å². The number of alkyl halides is 9. The zero-order valence-electron chi connectivity index (χ0n) is 18.2. The molecule has 0 aromatic heterocycles. The Morgan fingerprint density at radius 2 is 1.42 bits per heavy atom. The Hall–Kier alpha value is -2.96. The van der Waals surface area contributed by atoms with E-state index in [0.29, 0.717) is 25.0 Å². The number of hydrogen-bond acceptors (Lipinski definition) is 2. The van der Waals surface area contributed by atoms with Crippen LogP contribution in [0.2, 0.25) is 0 Å². The number of hydrogen-bond donors (Lipinski definition) is 2. The molecule has 1 fully saturated rings. The van der Waals surface area contributed by atoms with Crippen LogP contribution in [0.4, 0.5) is 50.0 Å². The minimum Gasteiger partial charge on any atom is -0.465 e. The smallest absolute Gasteiger partial charge is 0.416 e. The van der Waals surface area contributed by atoms with E-state index in [1.165, 1.54) is 0 Å². The maximum Gasteiger partial charge on any atom is 0.416 e. The van der Waals surface area contributed by atoms with Crippen molar-refractivity contribution in [2.24, 2.45) is 5.92 Å². The highest BCUT2D eigenvalue weighted by molar-refractivity contribution is 5.89. The standard InChI is InChI=1S/C23H19F9N2O2/c24-21(25,26)13-3-4-18-16(8-13)17(9-19(12-1-2-12)34(18)20(35)36)33-10-11-5-14(22(27,28)29)7-15(6-11)23(30,31)32/h3-8,12,17,19,33H,1-2,9-10H2,(H,35,36)/t17-,19-/m0/s1.